The molecule has 0 aliphatic carbocycles. The molecular weight excluding hydrogens is 229 g/mol. The molecule has 0 aliphatic rings. The van der Waals surface area contributed by atoms with E-state index in [2.05, 4.69) is 9.97 Å². The Morgan fingerprint density at radius 3 is 2.39 bits per heavy atom. The first-order chi connectivity index (χ1) is 8.74. The van der Waals surface area contributed by atoms with Gasteiger partial charge in [0.2, 0.25) is 0 Å². The average molecular weight is 239 g/mol. The van der Waals surface area contributed by atoms with Crippen LogP contribution in [0.3, 0.4) is 0 Å². The molecule has 1 heterocycles. The summed E-state index contributed by atoms with van der Waals surface area (Å²) in [7, 11) is 0. The molecule has 3 nitrogen and oxygen atoms in total. The molecular formula is C14H10FN3. The van der Waals surface area contributed by atoms with Crippen LogP contribution in [0, 0.1) is 5.82 Å². The maximum atomic E-state index is 12.9. The van der Waals surface area contributed by atoms with E-state index in [4.69, 9.17) is 5.73 Å². The van der Waals surface area contributed by atoms with Crippen LogP contribution in [-0.2, 0) is 0 Å². The van der Waals surface area contributed by atoms with Gasteiger partial charge in [0.05, 0.1) is 5.52 Å². The molecule has 0 spiro atoms. The van der Waals surface area contributed by atoms with Gasteiger partial charge in [-0.3, -0.25) is 0 Å². The number of para-hydroxylation sites is 1. The molecule has 1 aromatic heterocycles. The summed E-state index contributed by atoms with van der Waals surface area (Å²) >= 11 is 0. The van der Waals surface area contributed by atoms with Gasteiger partial charge in [-0.25, -0.2) is 14.4 Å². The van der Waals surface area contributed by atoms with E-state index < -0.39 is 0 Å². The number of nitrogens with two attached hydrogens (primary N) is 1. The number of rotatable bonds is 1. The second-order valence-electron chi connectivity index (χ2n) is 3.96. The fourth-order valence-corrected chi connectivity index (χ4v) is 1.83. The zero-order valence-corrected chi connectivity index (χ0v) is 9.47. The summed E-state index contributed by atoms with van der Waals surface area (Å²) in [5, 5.41) is 0.823. The van der Waals surface area contributed by atoms with Crippen molar-refractivity contribution in [3.05, 3.63) is 54.3 Å². The zero-order valence-electron chi connectivity index (χ0n) is 9.47. The Morgan fingerprint density at radius 1 is 0.889 bits per heavy atom. The van der Waals surface area contributed by atoms with Crippen LogP contribution < -0.4 is 5.73 Å². The van der Waals surface area contributed by atoms with Crippen molar-refractivity contribution in [1.82, 2.24) is 9.97 Å². The molecule has 3 aromatic rings. The molecule has 18 heavy (non-hydrogen) atoms. The lowest BCUT2D eigenvalue weighted by atomic mass is 10.2. The monoisotopic (exact) mass is 239 g/mol. The number of fused-ring (bicyclic) bond motifs is 1. The molecule has 2 aromatic carbocycles. The second kappa shape index (κ2) is 4.07. The SMILES string of the molecule is Nc1nc(-c2ccc(F)cc2)nc2ccccc12. The van der Waals surface area contributed by atoms with Crippen molar-refractivity contribution in [2.75, 3.05) is 5.73 Å². The van der Waals surface area contributed by atoms with Gasteiger partial charge in [0.1, 0.15) is 11.6 Å². The summed E-state index contributed by atoms with van der Waals surface area (Å²) in [6, 6.07) is 13.6. The van der Waals surface area contributed by atoms with Crippen LogP contribution in [0.4, 0.5) is 10.2 Å². The van der Waals surface area contributed by atoms with E-state index >= 15 is 0 Å². The third-order valence-corrected chi connectivity index (χ3v) is 2.74. The summed E-state index contributed by atoms with van der Waals surface area (Å²) < 4.78 is 12.9. The van der Waals surface area contributed by atoms with E-state index in [1.807, 2.05) is 24.3 Å². The third-order valence-electron chi connectivity index (χ3n) is 2.74. The van der Waals surface area contributed by atoms with Crippen LogP contribution in [-0.4, -0.2) is 9.97 Å². The Morgan fingerprint density at radius 2 is 1.61 bits per heavy atom. The Labute approximate surface area is 103 Å². The molecule has 2 N–H and O–H groups in total. The van der Waals surface area contributed by atoms with Crippen molar-refractivity contribution in [3.63, 3.8) is 0 Å². The van der Waals surface area contributed by atoms with Crippen LogP contribution in [0.5, 0.6) is 0 Å². The van der Waals surface area contributed by atoms with E-state index in [0.717, 1.165) is 16.5 Å². The van der Waals surface area contributed by atoms with E-state index in [0.29, 0.717) is 11.6 Å². The van der Waals surface area contributed by atoms with Gasteiger partial charge in [-0.2, -0.15) is 0 Å². The number of hydrogen-bond acceptors (Lipinski definition) is 3. The van der Waals surface area contributed by atoms with Crippen molar-refractivity contribution in [1.29, 1.82) is 0 Å². The van der Waals surface area contributed by atoms with Gasteiger partial charge in [0, 0.05) is 10.9 Å². The first-order valence-corrected chi connectivity index (χ1v) is 5.52. The van der Waals surface area contributed by atoms with E-state index in [9.17, 15) is 4.39 Å². The van der Waals surface area contributed by atoms with Crippen molar-refractivity contribution in [3.8, 4) is 11.4 Å². The average Bonchev–Trinajstić information content (AvgIpc) is 2.39. The van der Waals surface area contributed by atoms with Gasteiger partial charge in [-0.05, 0) is 36.4 Å². The highest BCUT2D eigenvalue weighted by molar-refractivity contribution is 5.89. The highest BCUT2D eigenvalue weighted by atomic mass is 19.1. The molecule has 0 atom stereocenters. The zero-order chi connectivity index (χ0) is 12.5. The van der Waals surface area contributed by atoms with Crippen molar-refractivity contribution in [2.45, 2.75) is 0 Å². The number of benzene rings is 2. The predicted octanol–water partition coefficient (Wildman–Crippen LogP) is 3.02. The molecule has 0 amide bonds. The summed E-state index contributed by atoms with van der Waals surface area (Å²) in [6.45, 7) is 0. The fraction of sp³-hybridized carbons (Fsp3) is 0. The number of nitrogen functional groups attached to an aromatic ring is 1. The lowest BCUT2D eigenvalue weighted by molar-refractivity contribution is 0.628. The topological polar surface area (TPSA) is 51.8 Å². The quantitative estimate of drug-likeness (QED) is 0.710. The first-order valence-electron chi connectivity index (χ1n) is 5.52. The summed E-state index contributed by atoms with van der Waals surface area (Å²) in [6.07, 6.45) is 0. The molecule has 88 valence electrons. The Bertz CT molecular complexity index is 708. The third kappa shape index (κ3) is 1.78. The highest BCUT2D eigenvalue weighted by Crippen LogP contribution is 2.22. The molecule has 0 saturated carbocycles. The van der Waals surface area contributed by atoms with Crippen LogP contribution in [0.25, 0.3) is 22.3 Å². The summed E-state index contributed by atoms with van der Waals surface area (Å²) in [5.74, 6) is 0.652. The molecule has 0 bridgehead atoms. The largest absolute Gasteiger partial charge is 0.383 e. The molecule has 0 unspecified atom stereocenters. The molecule has 0 fully saturated rings. The number of hydrogen-bond donors (Lipinski definition) is 1. The van der Waals surface area contributed by atoms with Gasteiger partial charge in [0.15, 0.2) is 5.82 Å². The normalized spacial score (nSPS) is 10.7. The van der Waals surface area contributed by atoms with Crippen molar-refractivity contribution >= 4 is 16.7 Å². The summed E-state index contributed by atoms with van der Waals surface area (Å²) in [5.41, 5.74) is 7.43. The number of halogens is 1. The lowest BCUT2D eigenvalue weighted by Gasteiger charge is -2.05. The first kappa shape index (κ1) is 10.7. The summed E-state index contributed by atoms with van der Waals surface area (Å²) in [4.78, 5) is 8.67. The van der Waals surface area contributed by atoms with Crippen LogP contribution in [0.1, 0.15) is 0 Å². The van der Waals surface area contributed by atoms with Crippen molar-refractivity contribution in [2.24, 2.45) is 0 Å². The van der Waals surface area contributed by atoms with E-state index in [-0.39, 0.29) is 5.82 Å². The predicted molar refractivity (Wildman–Crippen MR) is 69.3 cm³/mol. The minimum Gasteiger partial charge on any atom is -0.383 e. The van der Waals surface area contributed by atoms with Gasteiger partial charge in [0.25, 0.3) is 0 Å². The van der Waals surface area contributed by atoms with Gasteiger partial charge < -0.3 is 5.73 Å². The van der Waals surface area contributed by atoms with Crippen LogP contribution in [0.2, 0.25) is 0 Å². The Hall–Kier alpha value is -2.49. The Balaban J connectivity index is 2.21. The van der Waals surface area contributed by atoms with Gasteiger partial charge in [-0.1, -0.05) is 12.1 Å². The minimum atomic E-state index is -0.285. The number of aromatic nitrogens is 2. The maximum absolute atomic E-state index is 12.9. The van der Waals surface area contributed by atoms with E-state index in [1.165, 1.54) is 12.1 Å². The molecule has 0 saturated heterocycles. The Kier molecular flexibility index (Phi) is 2.41. The maximum Gasteiger partial charge on any atom is 0.162 e. The highest BCUT2D eigenvalue weighted by Gasteiger charge is 2.06. The smallest absolute Gasteiger partial charge is 0.162 e. The fourth-order valence-electron chi connectivity index (χ4n) is 1.83. The standard InChI is InChI=1S/C14H10FN3/c15-10-7-5-9(6-8-10)14-17-12-4-2-1-3-11(12)13(16)18-14/h1-8H,(H2,16,17,18). The van der Waals surface area contributed by atoms with Crippen molar-refractivity contribution < 1.29 is 4.39 Å². The molecule has 0 radical (unpaired) electrons. The molecule has 4 heteroatoms. The molecule has 3 rings (SSSR count). The van der Waals surface area contributed by atoms with Crippen LogP contribution >= 0.6 is 0 Å². The minimum absolute atomic E-state index is 0.285. The number of nitrogens with zero attached hydrogens (tertiary/aromatic N) is 2. The van der Waals surface area contributed by atoms with Crippen LogP contribution in [0.15, 0.2) is 48.5 Å². The second-order valence-corrected chi connectivity index (χ2v) is 3.96. The number of anilines is 1. The van der Waals surface area contributed by atoms with Gasteiger partial charge >= 0.3 is 0 Å². The molecule has 0 aliphatic heterocycles. The van der Waals surface area contributed by atoms with Gasteiger partial charge in [-0.15, -0.1) is 0 Å². The van der Waals surface area contributed by atoms with E-state index in [1.54, 1.807) is 12.1 Å². The lowest BCUT2D eigenvalue weighted by Crippen LogP contribution is -1.97.